The van der Waals surface area contributed by atoms with E-state index >= 15 is 0 Å². The summed E-state index contributed by atoms with van der Waals surface area (Å²) in [7, 11) is 0. The summed E-state index contributed by atoms with van der Waals surface area (Å²) in [5, 5.41) is 0.691. The van der Waals surface area contributed by atoms with E-state index in [9.17, 15) is 4.79 Å². The molecule has 0 bridgehead atoms. The van der Waals surface area contributed by atoms with Gasteiger partial charge in [0.25, 0.3) is 5.56 Å². The molecule has 0 atom stereocenters. The van der Waals surface area contributed by atoms with Crippen LogP contribution in [0, 0.1) is 6.92 Å². The number of aromatic amines is 1. The Morgan fingerprint density at radius 3 is 2.67 bits per heavy atom. The molecule has 0 spiro atoms. The topological polar surface area (TPSA) is 32.9 Å². The van der Waals surface area contributed by atoms with Crippen molar-refractivity contribution in [2.45, 2.75) is 6.92 Å². The van der Waals surface area contributed by atoms with Crippen LogP contribution in [0.15, 0.2) is 41.3 Å². The summed E-state index contributed by atoms with van der Waals surface area (Å²) in [4.78, 5) is 13.9. The number of nitrogens with one attached hydrogen (secondary N) is 1. The molecule has 15 heavy (non-hydrogen) atoms. The minimum Gasteiger partial charge on any atom is -0.328 e. The van der Waals surface area contributed by atoms with Crippen molar-refractivity contribution in [2.24, 2.45) is 0 Å². The van der Waals surface area contributed by atoms with Crippen LogP contribution in [0.25, 0.3) is 11.1 Å². The molecular formula is C12H10ClNO. The maximum Gasteiger partial charge on any atom is 0.250 e. The molecule has 0 saturated carbocycles. The average Bonchev–Trinajstić information content (AvgIpc) is 2.22. The van der Waals surface area contributed by atoms with E-state index in [1.165, 1.54) is 0 Å². The minimum absolute atomic E-state index is 0.0548. The van der Waals surface area contributed by atoms with Crippen molar-refractivity contribution in [3.8, 4) is 11.1 Å². The summed E-state index contributed by atoms with van der Waals surface area (Å²) in [5.74, 6) is 0. The highest BCUT2D eigenvalue weighted by atomic mass is 35.5. The number of pyridine rings is 1. The van der Waals surface area contributed by atoms with Gasteiger partial charge in [-0.1, -0.05) is 23.7 Å². The van der Waals surface area contributed by atoms with Crippen LogP contribution < -0.4 is 5.56 Å². The van der Waals surface area contributed by atoms with Gasteiger partial charge in [0.1, 0.15) is 0 Å². The number of hydrogen-bond acceptors (Lipinski definition) is 1. The number of rotatable bonds is 1. The van der Waals surface area contributed by atoms with Crippen LogP contribution in [0.3, 0.4) is 0 Å². The Hall–Kier alpha value is -1.54. The van der Waals surface area contributed by atoms with Crippen LogP contribution in [-0.2, 0) is 0 Å². The highest BCUT2D eigenvalue weighted by Gasteiger charge is 2.00. The first-order chi connectivity index (χ1) is 7.16. The second-order valence-corrected chi connectivity index (χ2v) is 3.85. The molecule has 1 aromatic heterocycles. The summed E-state index contributed by atoms with van der Waals surface area (Å²) >= 11 is 5.89. The zero-order chi connectivity index (χ0) is 10.8. The van der Waals surface area contributed by atoms with E-state index in [0.29, 0.717) is 10.6 Å². The summed E-state index contributed by atoms with van der Waals surface area (Å²) < 4.78 is 0. The summed E-state index contributed by atoms with van der Waals surface area (Å²) in [6, 6.07) is 9.39. The molecule has 0 aliphatic carbocycles. The molecule has 0 unspecified atom stereocenters. The number of hydrogen-bond donors (Lipinski definition) is 1. The number of H-pyrrole nitrogens is 1. The van der Waals surface area contributed by atoms with Crippen molar-refractivity contribution < 1.29 is 0 Å². The number of aryl methyl sites for hydroxylation is 1. The predicted octanol–water partition coefficient (Wildman–Crippen LogP) is 3.00. The van der Waals surface area contributed by atoms with Crippen LogP contribution >= 0.6 is 11.6 Å². The third-order valence-corrected chi connectivity index (χ3v) is 2.48. The lowest BCUT2D eigenvalue weighted by molar-refractivity contribution is 1.18. The van der Waals surface area contributed by atoms with Gasteiger partial charge in [-0.3, -0.25) is 4.79 Å². The molecule has 0 radical (unpaired) electrons. The Balaban J connectivity index is 2.55. The molecule has 0 saturated heterocycles. The molecule has 1 heterocycles. The van der Waals surface area contributed by atoms with Crippen molar-refractivity contribution in [2.75, 3.05) is 0 Å². The maximum atomic E-state index is 11.2. The van der Waals surface area contributed by atoms with Gasteiger partial charge in [-0.05, 0) is 36.2 Å². The minimum atomic E-state index is -0.0548. The Bertz CT molecular complexity index is 545. The first-order valence-corrected chi connectivity index (χ1v) is 5.00. The van der Waals surface area contributed by atoms with Crippen molar-refractivity contribution in [1.82, 2.24) is 4.98 Å². The van der Waals surface area contributed by atoms with E-state index in [1.54, 1.807) is 13.1 Å². The Labute approximate surface area is 92.5 Å². The number of aromatic nitrogens is 1. The van der Waals surface area contributed by atoms with Crippen LogP contribution in [-0.4, -0.2) is 4.98 Å². The van der Waals surface area contributed by atoms with E-state index in [0.717, 1.165) is 11.1 Å². The summed E-state index contributed by atoms with van der Waals surface area (Å²) in [6.45, 7) is 1.78. The van der Waals surface area contributed by atoms with Gasteiger partial charge in [0, 0.05) is 16.8 Å². The second-order valence-electron chi connectivity index (χ2n) is 3.41. The molecule has 1 aromatic carbocycles. The molecule has 3 heteroatoms. The first-order valence-electron chi connectivity index (χ1n) is 4.62. The van der Waals surface area contributed by atoms with Crippen LogP contribution in [0.2, 0.25) is 5.02 Å². The first kappa shape index (κ1) is 9.99. The molecular weight excluding hydrogens is 210 g/mol. The zero-order valence-corrected chi connectivity index (χ0v) is 9.01. The monoisotopic (exact) mass is 219 g/mol. The van der Waals surface area contributed by atoms with Gasteiger partial charge in [0.15, 0.2) is 0 Å². The fourth-order valence-corrected chi connectivity index (χ4v) is 1.62. The number of halogens is 1. The third-order valence-electron chi connectivity index (χ3n) is 2.25. The van der Waals surface area contributed by atoms with Crippen LogP contribution in [0.1, 0.15) is 5.56 Å². The fraction of sp³-hybridized carbons (Fsp3) is 0.0833. The van der Waals surface area contributed by atoms with Gasteiger partial charge >= 0.3 is 0 Å². The van der Waals surface area contributed by atoms with E-state index < -0.39 is 0 Å². The SMILES string of the molecule is Cc1cc(-c2cccc(Cl)c2)c[nH]c1=O. The van der Waals surface area contributed by atoms with Crippen LogP contribution in [0.5, 0.6) is 0 Å². The smallest absolute Gasteiger partial charge is 0.250 e. The Kier molecular flexibility index (Phi) is 2.60. The highest BCUT2D eigenvalue weighted by molar-refractivity contribution is 6.30. The Morgan fingerprint density at radius 2 is 2.00 bits per heavy atom. The lowest BCUT2D eigenvalue weighted by Crippen LogP contribution is -2.07. The Morgan fingerprint density at radius 1 is 1.20 bits per heavy atom. The van der Waals surface area contributed by atoms with Gasteiger partial charge in [-0.15, -0.1) is 0 Å². The predicted molar refractivity (Wildman–Crippen MR) is 62.2 cm³/mol. The quantitative estimate of drug-likeness (QED) is 0.786. The van der Waals surface area contributed by atoms with E-state index in [2.05, 4.69) is 4.98 Å². The summed E-state index contributed by atoms with van der Waals surface area (Å²) in [5.41, 5.74) is 2.62. The van der Waals surface area contributed by atoms with Crippen molar-refractivity contribution >= 4 is 11.6 Å². The standard InChI is InChI=1S/C12H10ClNO/c1-8-5-10(7-14-12(8)15)9-3-2-4-11(13)6-9/h2-7H,1H3,(H,14,15). The molecule has 0 aliphatic rings. The molecule has 2 rings (SSSR count). The molecule has 2 nitrogen and oxygen atoms in total. The van der Waals surface area contributed by atoms with E-state index in [4.69, 9.17) is 11.6 Å². The summed E-state index contributed by atoms with van der Waals surface area (Å²) in [6.07, 6.45) is 1.70. The third kappa shape index (κ3) is 2.10. The largest absolute Gasteiger partial charge is 0.328 e. The number of benzene rings is 1. The normalized spacial score (nSPS) is 10.3. The van der Waals surface area contributed by atoms with Gasteiger partial charge in [0.05, 0.1) is 0 Å². The second kappa shape index (κ2) is 3.91. The molecule has 76 valence electrons. The van der Waals surface area contributed by atoms with Gasteiger partial charge in [-0.25, -0.2) is 0 Å². The van der Waals surface area contributed by atoms with E-state index in [1.807, 2.05) is 30.3 Å². The van der Waals surface area contributed by atoms with Crippen LogP contribution in [0.4, 0.5) is 0 Å². The molecule has 2 aromatic rings. The van der Waals surface area contributed by atoms with Gasteiger partial charge in [0.2, 0.25) is 0 Å². The van der Waals surface area contributed by atoms with Crippen molar-refractivity contribution in [1.29, 1.82) is 0 Å². The molecule has 0 fully saturated rings. The molecule has 0 amide bonds. The zero-order valence-electron chi connectivity index (χ0n) is 8.25. The lowest BCUT2D eigenvalue weighted by Gasteiger charge is -2.02. The molecule has 1 N–H and O–H groups in total. The average molecular weight is 220 g/mol. The van der Waals surface area contributed by atoms with Crippen molar-refractivity contribution in [3.05, 3.63) is 57.5 Å². The van der Waals surface area contributed by atoms with Crippen molar-refractivity contribution in [3.63, 3.8) is 0 Å². The highest BCUT2D eigenvalue weighted by Crippen LogP contribution is 2.21. The van der Waals surface area contributed by atoms with E-state index in [-0.39, 0.29) is 5.56 Å². The van der Waals surface area contributed by atoms with Gasteiger partial charge in [-0.2, -0.15) is 0 Å². The maximum absolute atomic E-state index is 11.2. The lowest BCUT2D eigenvalue weighted by atomic mass is 10.1. The molecule has 0 aliphatic heterocycles. The van der Waals surface area contributed by atoms with Gasteiger partial charge < -0.3 is 4.98 Å². The fourth-order valence-electron chi connectivity index (χ4n) is 1.43.